The van der Waals surface area contributed by atoms with Crippen LogP contribution in [-0.2, 0) is 19.1 Å². The first kappa shape index (κ1) is 22.3. The zero-order chi connectivity index (χ0) is 23.0. The number of hydrogen-bond donors (Lipinski definition) is 2. The molecular weight excluding hydrogens is 435 g/mol. The van der Waals surface area contributed by atoms with Crippen molar-refractivity contribution in [1.82, 2.24) is 5.32 Å². The zero-order valence-corrected chi connectivity index (χ0v) is 18.4. The number of amides is 2. The molecule has 2 fully saturated rings. The van der Waals surface area contributed by atoms with Gasteiger partial charge in [-0.05, 0) is 60.4 Å². The predicted octanol–water partition coefficient (Wildman–Crippen LogP) is 2.65. The Bertz CT molecular complexity index is 1050. The molecule has 2 aliphatic rings. The molecule has 2 aliphatic heterocycles. The molecule has 4 atom stereocenters. The second-order valence-electron chi connectivity index (χ2n) is 7.91. The molecule has 2 amide bonds. The van der Waals surface area contributed by atoms with Gasteiger partial charge in [0.2, 0.25) is 11.8 Å². The molecule has 0 aliphatic carbocycles. The summed E-state index contributed by atoms with van der Waals surface area (Å²) in [6, 6.07) is 10.8. The van der Waals surface area contributed by atoms with Gasteiger partial charge in [-0.15, -0.1) is 0 Å². The second-order valence-corrected chi connectivity index (χ2v) is 8.90. The van der Waals surface area contributed by atoms with Crippen molar-refractivity contribution >= 4 is 35.2 Å². The highest BCUT2D eigenvalue weighted by molar-refractivity contribution is 7.98. The second kappa shape index (κ2) is 8.55. The van der Waals surface area contributed by atoms with E-state index in [1.165, 1.54) is 55.3 Å². The maximum absolute atomic E-state index is 13.6. The Labute approximate surface area is 188 Å². The smallest absolute Gasteiger partial charge is 0.326 e. The third kappa shape index (κ3) is 3.45. The van der Waals surface area contributed by atoms with Crippen molar-refractivity contribution < 1.29 is 28.6 Å². The Morgan fingerprint density at radius 3 is 2.41 bits per heavy atom. The number of phenols is 1. The van der Waals surface area contributed by atoms with E-state index < -0.39 is 47.0 Å². The maximum Gasteiger partial charge on any atom is 0.326 e. The lowest BCUT2D eigenvalue weighted by atomic mass is 9.78. The fraction of sp³-hybridized carbons (Fsp3) is 0.348. The maximum atomic E-state index is 13.6. The summed E-state index contributed by atoms with van der Waals surface area (Å²) in [4.78, 5) is 41.3. The van der Waals surface area contributed by atoms with E-state index in [9.17, 15) is 23.9 Å². The van der Waals surface area contributed by atoms with Gasteiger partial charge in [0.15, 0.2) is 0 Å². The number of imide groups is 1. The van der Waals surface area contributed by atoms with Gasteiger partial charge in [-0.25, -0.2) is 9.29 Å². The van der Waals surface area contributed by atoms with Gasteiger partial charge >= 0.3 is 5.97 Å². The van der Waals surface area contributed by atoms with Crippen molar-refractivity contribution in [2.75, 3.05) is 24.0 Å². The van der Waals surface area contributed by atoms with E-state index in [0.717, 1.165) is 4.90 Å². The highest BCUT2D eigenvalue weighted by Crippen LogP contribution is 2.51. The quantitative estimate of drug-likeness (QED) is 0.508. The van der Waals surface area contributed by atoms with Crippen LogP contribution in [0, 0.1) is 17.7 Å². The van der Waals surface area contributed by atoms with Crippen LogP contribution in [0.25, 0.3) is 0 Å². The third-order valence-corrected chi connectivity index (χ3v) is 6.85. The minimum Gasteiger partial charge on any atom is -0.508 e. The van der Waals surface area contributed by atoms with Gasteiger partial charge in [0.1, 0.15) is 17.1 Å². The molecule has 2 heterocycles. The van der Waals surface area contributed by atoms with E-state index in [2.05, 4.69) is 5.32 Å². The predicted molar refractivity (Wildman–Crippen MR) is 118 cm³/mol. The Morgan fingerprint density at radius 2 is 1.81 bits per heavy atom. The van der Waals surface area contributed by atoms with Crippen LogP contribution in [0.2, 0.25) is 0 Å². The number of nitrogens with zero attached hydrogens (tertiary/aromatic N) is 1. The number of phenolic OH excluding ortho intramolecular Hbond substituents is 1. The molecule has 0 saturated carbocycles. The van der Waals surface area contributed by atoms with Crippen molar-refractivity contribution in [1.29, 1.82) is 0 Å². The SMILES string of the molecule is COC(=O)[C@@]1(CCSC)N[C@@H](c2ccc(O)cc2)[C@H]2C(=O)N(c3ccc(F)cc3)C(=O)[C@H]21. The number of esters is 1. The van der Waals surface area contributed by atoms with Crippen LogP contribution in [0.15, 0.2) is 48.5 Å². The molecule has 0 spiro atoms. The zero-order valence-electron chi connectivity index (χ0n) is 17.6. The van der Waals surface area contributed by atoms with Crippen molar-refractivity contribution in [2.24, 2.45) is 11.8 Å². The van der Waals surface area contributed by atoms with Crippen LogP contribution in [-0.4, -0.2) is 47.5 Å². The highest BCUT2D eigenvalue weighted by Gasteiger charge is 2.68. The average Bonchev–Trinajstić information content (AvgIpc) is 3.27. The average molecular weight is 459 g/mol. The number of thioether (sulfide) groups is 1. The molecule has 7 nitrogen and oxygen atoms in total. The minimum absolute atomic E-state index is 0.0617. The van der Waals surface area contributed by atoms with Crippen LogP contribution >= 0.6 is 11.8 Å². The van der Waals surface area contributed by atoms with Crippen LogP contribution in [0.1, 0.15) is 18.0 Å². The molecule has 0 bridgehead atoms. The van der Waals surface area contributed by atoms with Crippen molar-refractivity contribution in [3.05, 3.63) is 59.9 Å². The van der Waals surface area contributed by atoms with E-state index in [0.29, 0.717) is 11.3 Å². The minimum atomic E-state index is -1.40. The molecule has 2 N–H and O–H groups in total. The summed E-state index contributed by atoms with van der Waals surface area (Å²) in [5.74, 6) is -3.31. The number of nitrogens with one attached hydrogen (secondary N) is 1. The van der Waals surface area contributed by atoms with Gasteiger partial charge in [-0.1, -0.05) is 12.1 Å². The van der Waals surface area contributed by atoms with Crippen LogP contribution < -0.4 is 10.2 Å². The van der Waals surface area contributed by atoms with Gasteiger partial charge in [-0.2, -0.15) is 11.8 Å². The number of hydrogen-bond acceptors (Lipinski definition) is 7. The van der Waals surface area contributed by atoms with E-state index >= 15 is 0 Å². The number of carbonyl (C=O) groups is 3. The van der Waals surface area contributed by atoms with Gasteiger partial charge < -0.3 is 9.84 Å². The molecule has 168 valence electrons. The molecule has 32 heavy (non-hydrogen) atoms. The van der Waals surface area contributed by atoms with E-state index in [1.807, 2.05) is 6.26 Å². The molecular formula is C23H23FN2O5S. The van der Waals surface area contributed by atoms with Gasteiger partial charge in [0, 0.05) is 6.04 Å². The number of ether oxygens (including phenoxy) is 1. The Kier molecular flexibility index (Phi) is 5.96. The molecule has 0 unspecified atom stereocenters. The number of halogens is 1. The molecule has 9 heteroatoms. The number of aromatic hydroxyl groups is 1. The highest BCUT2D eigenvalue weighted by atomic mass is 32.2. The van der Waals surface area contributed by atoms with E-state index in [-0.39, 0.29) is 17.9 Å². The number of fused-ring (bicyclic) bond motifs is 1. The standard InChI is InChI=1S/C23H23FN2O5S/c1-31-22(30)23(11-12-32-2)18-17(19(25-23)13-3-9-16(27)10-4-13)20(28)26(21(18)29)15-7-5-14(24)6-8-15/h3-10,17-19,25,27H,11-12H2,1-2H3/t17-,18-,19-,23-/m0/s1. The first-order valence-electron chi connectivity index (χ1n) is 10.1. The Balaban J connectivity index is 1.85. The van der Waals surface area contributed by atoms with Crippen LogP contribution in [0.5, 0.6) is 5.75 Å². The lowest BCUT2D eigenvalue weighted by Gasteiger charge is -2.32. The van der Waals surface area contributed by atoms with Crippen LogP contribution in [0.4, 0.5) is 10.1 Å². The van der Waals surface area contributed by atoms with Gasteiger partial charge in [0.25, 0.3) is 0 Å². The third-order valence-electron chi connectivity index (χ3n) is 6.24. The fourth-order valence-electron chi connectivity index (χ4n) is 4.78. The largest absolute Gasteiger partial charge is 0.508 e. The lowest BCUT2D eigenvalue weighted by molar-refractivity contribution is -0.152. The summed E-state index contributed by atoms with van der Waals surface area (Å²) in [5, 5.41) is 13.0. The Morgan fingerprint density at radius 1 is 1.16 bits per heavy atom. The van der Waals surface area contributed by atoms with Gasteiger partial charge in [0.05, 0.1) is 24.6 Å². The van der Waals surface area contributed by atoms with Crippen molar-refractivity contribution in [3.63, 3.8) is 0 Å². The number of carbonyl (C=O) groups excluding carboxylic acids is 3. The van der Waals surface area contributed by atoms with E-state index in [4.69, 9.17) is 4.74 Å². The molecule has 2 saturated heterocycles. The number of methoxy groups -OCH3 is 1. The van der Waals surface area contributed by atoms with Crippen molar-refractivity contribution in [3.8, 4) is 5.75 Å². The Hall–Kier alpha value is -2.91. The normalized spacial score (nSPS) is 27.0. The number of benzene rings is 2. The number of rotatable bonds is 6. The summed E-state index contributed by atoms with van der Waals surface area (Å²) in [6.45, 7) is 0. The van der Waals surface area contributed by atoms with E-state index in [1.54, 1.807) is 12.1 Å². The van der Waals surface area contributed by atoms with Gasteiger partial charge in [-0.3, -0.25) is 19.7 Å². The fourth-order valence-corrected chi connectivity index (χ4v) is 5.31. The monoisotopic (exact) mass is 458 g/mol. The number of anilines is 1. The molecule has 2 aromatic rings. The lowest BCUT2D eigenvalue weighted by Crippen LogP contribution is -2.56. The molecule has 4 rings (SSSR count). The molecule has 2 aromatic carbocycles. The topological polar surface area (TPSA) is 95.9 Å². The molecule has 0 aromatic heterocycles. The van der Waals surface area contributed by atoms with Crippen molar-refractivity contribution in [2.45, 2.75) is 18.0 Å². The molecule has 0 radical (unpaired) electrons. The summed E-state index contributed by atoms with van der Waals surface area (Å²) < 4.78 is 18.6. The summed E-state index contributed by atoms with van der Waals surface area (Å²) in [5.41, 5.74) is -0.481. The summed E-state index contributed by atoms with van der Waals surface area (Å²) >= 11 is 1.52. The summed E-state index contributed by atoms with van der Waals surface area (Å²) in [7, 11) is 1.26. The first-order chi connectivity index (χ1) is 15.3. The van der Waals surface area contributed by atoms with Crippen LogP contribution in [0.3, 0.4) is 0 Å². The summed E-state index contributed by atoms with van der Waals surface area (Å²) in [6.07, 6.45) is 2.17. The first-order valence-corrected chi connectivity index (χ1v) is 11.5.